The molecule has 2 fully saturated rings. The molecule has 1 amide bonds. The summed E-state index contributed by atoms with van der Waals surface area (Å²) in [5.74, 6) is 0.219. The van der Waals surface area contributed by atoms with Gasteiger partial charge in [-0.05, 0) is 57.0 Å². The Labute approximate surface area is 168 Å². The van der Waals surface area contributed by atoms with Crippen LogP contribution in [0.4, 0.5) is 4.39 Å². The maximum atomic E-state index is 13.3. The van der Waals surface area contributed by atoms with Crippen LogP contribution < -0.4 is 5.32 Å². The van der Waals surface area contributed by atoms with Gasteiger partial charge in [-0.15, -0.1) is 24.8 Å². The molecule has 1 aromatic rings. The van der Waals surface area contributed by atoms with E-state index in [9.17, 15) is 9.18 Å². The Morgan fingerprint density at radius 2 is 1.92 bits per heavy atom. The molecule has 2 aliphatic heterocycles. The Balaban J connectivity index is 0.00000169. The standard InChI is InChI=1S/C19H28FN3O.2ClH/c1-21-18-7-10-23(11-8-18)19(24)16-5-3-9-22(14-16)13-15-4-2-6-17(20)12-15;;/h2,4,6,12,16,18,21H,3,5,7-11,13-14H2,1H3;2*1H. The fraction of sp³-hybridized carbons (Fsp3) is 0.632. The van der Waals surface area contributed by atoms with E-state index in [4.69, 9.17) is 0 Å². The molecule has 1 unspecified atom stereocenters. The molecule has 0 aliphatic carbocycles. The first-order chi connectivity index (χ1) is 11.7. The van der Waals surface area contributed by atoms with Gasteiger partial charge in [0.25, 0.3) is 0 Å². The van der Waals surface area contributed by atoms with E-state index in [1.54, 1.807) is 12.1 Å². The van der Waals surface area contributed by atoms with Crippen LogP contribution in [0.5, 0.6) is 0 Å². The molecule has 1 N–H and O–H groups in total. The molecule has 0 saturated carbocycles. The van der Waals surface area contributed by atoms with Crippen LogP contribution in [0.3, 0.4) is 0 Å². The van der Waals surface area contributed by atoms with Crippen molar-refractivity contribution >= 4 is 30.7 Å². The topological polar surface area (TPSA) is 35.6 Å². The molecular weight excluding hydrogens is 376 g/mol. The lowest BCUT2D eigenvalue weighted by Crippen LogP contribution is -2.49. The van der Waals surface area contributed by atoms with Crippen LogP contribution in [0.25, 0.3) is 0 Å². The third-order valence-electron chi connectivity index (χ3n) is 5.36. The molecule has 0 radical (unpaired) electrons. The second-order valence-corrected chi connectivity index (χ2v) is 7.09. The van der Waals surface area contributed by atoms with Crippen molar-refractivity contribution in [2.45, 2.75) is 38.3 Å². The lowest BCUT2D eigenvalue weighted by Gasteiger charge is -2.37. The van der Waals surface area contributed by atoms with Gasteiger partial charge in [-0.3, -0.25) is 9.69 Å². The summed E-state index contributed by atoms with van der Waals surface area (Å²) >= 11 is 0. The summed E-state index contributed by atoms with van der Waals surface area (Å²) in [5.41, 5.74) is 0.984. The van der Waals surface area contributed by atoms with Crippen LogP contribution in [0.1, 0.15) is 31.2 Å². The smallest absolute Gasteiger partial charge is 0.226 e. The predicted octanol–water partition coefficient (Wildman–Crippen LogP) is 3.09. The number of piperidine rings is 2. The number of likely N-dealkylation sites (tertiary alicyclic amines) is 2. The lowest BCUT2D eigenvalue weighted by molar-refractivity contribution is -0.138. The molecule has 2 heterocycles. The highest BCUT2D eigenvalue weighted by Gasteiger charge is 2.31. The Morgan fingerprint density at radius 1 is 1.19 bits per heavy atom. The van der Waals surface area contributed by atoms with Crippen LogP contribution in [0.15, 0.2) is 24.3 Å². The number of carbonyl (C=O) groups is 1. The minimum absolute atomic E-state index is 0. The molecule has 148 valence electrons. The number of nitrogens with one attached hydrogen (secondary N) is 1. The van der Waals surface area contributed by atoms with Crippen molar-refractivity contribution in [3.8, 4) is 0 Å². The average molecular weight is 406 g/mol. The molecule has 4 nitrogen and oxygen atoms in total. The maximum Gasteiger partial charge on any atom is 0.226 e. The summed E-state index contributed by atoms with van der Waals surface area (Å²) in [4.78, 5) is 17.2. The Hall–Kier alpha value is -0.880. The third kappa shape index (κ3) is 6.08. The Morgan fingerprint density at radius 3 is 2.58 bits per heavy atom. The Kier molecular flexibility index (Phi) is 9.86. The van der Waals surface area contributed by atoms with Crippen molar-refractivity contribution in [2.75, 3.05) is 33.2 Å². The molecule has 0 bridgehead atoms. The van der Waals surface area contributed by atoms with Crippen molar-refractivity contribution in [1.29, 1.82) is 0 Å². The Bertz CT molecular complexity index is 567. The van der Waals surface area contributed by atoms with E-state index < -0.39 is 0 Å². The maximum absolute atomic E-state index is 13.3. The fourth-order valence-electron chi connectivity index (χ4n) is 3.94. The summed E-state index contributed by atoms with van der Waals surface area (Å²) in [7, 11) is 1.99. The molecular formula is C19H30Cl2FN3O. The average Bonchev–Trinajstić information content (AvgIpc) is 2.61. The number of nitrogens with zero attached hydrogens (tertiary/aromatic N) is 2. The summed E-state index contributed by atoms with van der Waals surface area (Å²) in [6, 6.07) is 7.32. The van der Waals surface area contributed by atoms with Crippen LogP contribution >= 0.6 is 24.8 Å². The number of rotatable bonds is 4. The quantitative estimate of drug-likeness (QED) is 0.835. The van der Waals surface area contributed by atoms with E-state index in [1.165, 1.54) is 6.07 Å². The second kappa shape index (κ2) is 11.1. The van der Waals surface area contributed by atoms with E-state index >= 15 is 0 Å². The molecule has 3 rings (SSSR count). The van der Waals surface area contributed by atoms with Gasteiger partial charge < -0.3 is 10.2 Å². The molecule has 7 heteroatoms. The van der Waals surface area contributed by atoms with Gasteiger partial charge in [-0.25, -0.2) is 4.39 Å². The first-order valence-electron chi connectivity index (χ1n) is 9.08. The van der Waals surface area contributed by atoms with Gasteiger partial charge in [0.1, 0.15) is 5.82 Å². The second-order valence-electron chi connectivity index (χ2n) is 7.09. The fourth-order valence-corrected chi connectivity index (χ4v) is 3.94. The van der Waals surface area contributed by atoms with Gasteiger partial charge in [0.05, 0.1) is 5.92 Å². The van der Waals surface area contributed by atoms with Crippen molar-refractivity contribution < 1.29 is 9.18 Å². The van der Waals surface area contributed by atoms with Gasteiger partial charge in [-0.1, -0.05) is 12.1 Å². The monoisotopic (exact) mass is 405 g/mol. The van der Waals surface area contributed by atoms with Gasteiger partial charge in [0, 0.05) is 32.2 Å². The summed E-state index contributed by atoms with van der Waals surface area (Å²) < 4.78 is 13.3. The first-order valence-corrected chi connectivity index (χ1v) is 9.08. The zero-order valence-corrected chi connectivity index (χ0v) is 17.0. The number of benzene rings is 1. The van der Waals surface area contributed by atoms with Crippen molar-refractivity contribution in [1.82, 2.24) is 15.1 Å². The van der Waals surface area contributed by atoms with E-state index in [1.807, 2.05) is 18.0 Å². The predicted molar refractivity (Wildman–Crippen MR) is 108 cm³/mol. The molecule has 2 saturated heterocycles. The minimum Gasteiger partial charge on any atom is -0.342 e. The van der Waals surface area contributed by atoms with Gasteiger partial charge in [0.15, 0.2) is 0 Å². The highest BCUT2D eigenvalue weighted by Crippen LogP contribution is 2.22. The summed E-state index contributed by atoms with van der Waals surface area (Å²) in [6.45, 7) is 4.24. The molecule has 0 aromatic heterocycles. The molecule has 1 atom stereocenters. The number of halogens is 3. The summed E-state index contributed by atoms with van der Waals surface area (Å²) in [6.07, 6.45) is 4.10. The van der Waals surface area contributed by atoms with Crippen molar-refractivity contribution in [2.24, 2.45) is 5.92 Å². The molecule has 1 aromatic carbocycles. The van der Waals surface area contributed by atoms with Crippen molar-refractivity contribution in [3.05, 3.63) is 35.6 Å². The first kappa shape index (κ1) is 23.2. The minimum atomic E-state index is -0.190. The van der Waals surface area contributed by atoms with E-state index in [2.05, 4.69) is 10.2 Å². The number of amides is 1. The molecule has 0 spiro atoms. The van der Waals surface area contributed by atoms with Gasteiger partial charge >= 0.3 is 0 Å². The lowest BCUT2D eigenvalue weighted by atomic mass is 9.94. The third-order valence-corrected chi connectivity index (χ3v) is 5.36. The highest BCUT2D eigenvalue weighted by atomic mass is 35.5. The zero-order valence-electron chi connectivity index (χ0n) is 15.3. The molecule has 2 aliphatic rings. The van der Waals surface area contributed by atoms with E-state index in [0.717, 1.165) is 64.0 Å². The molecule has 26 heavy (non-hydrogen) atoms. The zero-order chi connectivity index (χ0) is 16.9. The van der Waals surface area contributed by atoms with Crippen LogP contribution in [-0.4, -0.2) is 55.0 Å². The van der Waals surface area contributed by atoms with Crippen molar-refractivity contribution in [3.63, 3.8) is 0 Å². The normalized spacial score (nSPS) is 21.6. The van der Waals surface area contributed by atoms with Gasteiger partial charge in [-0.2, -0.15) is 0 Å². The SMILES string of the molecule is CNC1CCN(C(=O)C2CCCN(Cc3cccc(F)c3)C2)CC1.Cl.Cl. The number of hydrogen-bond donors (Lipinski definition) is 1. The van der Waals surface area contributed by atoms with E-state index in [0.29, 0.717) is 11.9 Å². The number of hydrogen-bond acceptors (Lipinski definition) is 3. The van der Waals surface area contributed by atoms with Crippen LogP contribution in [0, 0.1) is 11.7 Å². The largest absolute Gasteiger partial charge is 0.342 e. The van der Waals surface area contributed by atoms with Crippen LogP contribution in [-0.2, 0) is 11.3 Å². The summed E-state index contributed by atoms with van der Waals surface area (Å²) in [5, 5.41) is 3.30. The van der Waals surface area contributed by atoms with E-state index in [-0.39, 0.29) is 36.5 Å². The van der Waals surface area contributed by atoms with Gasteiger partial charge in [0.2, 0.25) is 5.91 Å². The van der Waals surface area contributed by atoms with Crippen LogP contribution in [0.2, 0.25) is 0 Å². The number of carbonyl (C=O) groups excluding carboxylic acids is 1. The highest BCUT2D eigenvalue weighted by molar-refractivity contribution is 5.85.